The number of rotatable bonds is 9. The predicted octanol–water partition coefficient (Wildman–Crippen LogP) is 4.50. The molecule has 1 aromatic rings. The second-order valence-electron chi connectivity index (χ2n) is 5.66. The maximum absolute atomic E-state index is 4.75. The third-order valence-corrected chi connectivity index (χ3v) is 5.23. The molecule has 0 bridgehead atoms. The molecule has 0 aliphatic rings. The number of aromatic nitrogens is 1. The number of aryl methyl sites for hydroxylation is 2. The van der Waals surface area contributed by atoms with E-state index in [0.717, 1.165) is 19.5 Å². The van der Waals surface area contributed by atoms with Crippen LogP contribution >= 0.6 is 11.3 Å². The smallest absolute Gasteiger partial charge is 0.0936 e. The van der Waals surface area contributed by atoms with Gasteiger partial charge < -0.3 is 5.32 Å². The van der Waals surface area contributed by atoms with Gasteiger partial charge in [-0.15, -0.1) is 11.3 Å². The number of unbranched alkanes of at least 4 members (excludes halogenated alkanes) is 1. The molecule has 0 aliphatic heterocycles. The van der Waals surface area contributed by atoms with Crippen molar-refractivity contribution in [3.05, 3.63) is 15.6 Å². The number of thiazole rings is 1. The van der Waals surface area contributed by atoms with Crippen molar-refractivity contribution < 1.29 is 0 Å². The molecule has 3 heteroatoms. The highest BCUT2D eigenvalue weighted by molar-refractivity contribution is 7.11. The highest BCUT2D eigenvalue weighted by Gasteiger charge is 2.28. The molecule has 0 aliphatic carbocycles. The van der Waals surface area contributed by atoms with Gasteiger partial charge in [0.25, 0.3) is 0 Å². The first-order valence-corrected chi connectivity index (χ1v) is 8.52. The summed E-state index contributed by atoms with van der Waals surface area (Å²) >= 11 is 1.88. The molecule has 1 unspecified atom stereocenters. The van der Waals surface area contributed by atoms with E-state index in [0.29, 0.717) is 5.41 Å². The van der Waals surface area contributed by atoms with Crippen LogP contribution < -0.4 is 5.32 Å². The second kappa shape index (κ2) is 8.01. The standard InChI is InChI=1S/C16H30N2S/c1-6-9-10-16(7-2,12-17-8-3)11-15-18-13(4)14(5)19-15/h17H,6-12H2,1-5H3. The minimum Gasteiger partial charge on any atom is -0.316 e. The highest BCUT2D eigenvalue weighted by Crippen LogP contribution is 2.34. The molecule has 1 N–H and O–H groups in total. The molecule has 1 rings (SSSR count). The first-order chi connectivity index (χ1) is 9.06. The van der Waals surface area contributed by atoms with E-state index in [1.165, 1.54) is 41.3 Å². The summed E-state index contributed by atoms with van der Waals surface area (Å²) in [6, 6.07) is 0. The fourth-order valence-corrected chi connectivity index (χ4v) is 3.65. The lowest BCUT2D eigenvalue weighted by molar-refractivity contribution is 0.230. The van der Waals surface area contributed by atoms with Crippen LogP contribution in [0.15, 0.2) is 0 Å². The lowest BCUT2D eigenvalue weighted by Crippen LogP contribution is -2.36. The van der Waals surface area contributed by atoms with Crippen molar-refractivity contribution in [2.75, 3.05) is 13.1 Å². The van der Waals surface area contributed by atoms with E-state index in [-0.39, 0.29) is 0 Å². The lowest BCUT2D eigenvalue weighted by Gasteiger charge is -2.32. The van der Waals surface area contributed by atoms with Gasteiger partial charge in [-0.1, -0.05) is 33.6 Å². The SMILES string of the molecule is CCCCC(CC)(CNCC)Cc1nc(C)c(C)s1. The fraction of sp³-hybridized carbons (Fsp3) is 0.812. The minimum atomic E-state index is 0.392. The van der Waals surface area contributed by atoms with Crippen LogP contribution in [0.4, 0.5) is 0 Å². The van der Waals surface area contributed by atoms with Gasteiger partial charge in [0, 0.05) is 17.8 Å². The van der Waals surface area contributed by atoms with Gasteiger partial charge in [0.1, 0.15) is 0 Å². The Bertz CT molecular complexity index is 343. The van der Waals surface area contributed by atoms with E-state index in [4.69, 9.17) is 4.98 Å². The third kappa shape index (κ3) is 4.88. The monoisotopic (exact) mass is 282 g/mol. The van der Waals surface area contributed by atoms with E-state index >= 15 is 0 Å². The van der Waals surface area contributed by atoms with Gasteiger partial charge in [-0.3, -0.25) is 0 Å². The van der Waals surface area contributed by atoms with Gasteiger partial charge in [-0.25, -0.2) is 4.98 Å². The molecule has 19 heavy (non-hydrogen) atoms. The molecule has 1 heterocycles. The Kier molecular flexibility index (Phi) is 7.01. The van der Waals surface area contributed by atoms with Crippen molar-refractivity contribution in [1.29, 1.82) is 0 Å². The number of hydrogen-bond acceptors (Lipinski definition) is 3. The molecule has 0 aromatic carbocycles. The zero-order chi connectivity index (χ0) is 14.3. The quantitative estimate of drug-likeness (QED) is 0.721. The summed E-state index contributed by atoms with van der Waals surface area (Å²) in [4.78, 5) is 6.12. The predicted molar refractivity (Wildman–Crippen MR) is 86.1 cm³/mol. The first-order valence-electron chi connectivity index (χ1n) is 7.70. The van der Waals surface area contributed by atoms with Gasteiger partial charge in [-0.2, -0.15) is 0 Å². The maximum Gasteiger partial charge on any atom is 0.0936 e. The molecule has 0 radical (unpaired) electrons. The fourth-order valence-electron chi connectivity index (χ4n) is 2.54. The van der Waals surface area contributed by atoms with E-state index in [1.807, 2.05) is 11.3 Å². The normalized spacial score (nSPS) is 14.6. The molecule has 0 amide bonds. The van der Waals surface area contributed by atoms with Crippen LogP contribution in [-0.2, 0) is 6.42 Å². The maximum atomic E-state index is 4.75. The van der Waals surface area contributed by atoms with E-state index in [2.05, 4.69) is 39.9 Å². The summed E-state index contributed by atoms with van der Waals surface area (Å²) in [5, 5.41) is 4.89. The zero-order valence-electron chi connectivity index (χ0n) is 13.3. The van der Waals surface area contributed by atoms with Gasteiger partial charge in [0.2, 0.25) is 0 Å². The largest absolute Gasteiger partial charge is 0.316 e. The Balaban J connectivity index is 2.81. The third-order valence-electron chi connectivity index (χ3n) is 4.16. The molecule has 0 spiro atoms. The van der Waals surface area contributed by atoms with Crippen LogP contribution in [0.2, 0.25) is 0 Å². The molecule has 0 saturated heterocycles. The van der Waals surface area contributed by atoms with Gasteiger partial charge in [0.05, 0.1) is 10.7 Å². The molecule has 2 nitrogen and oxygen atoms in total. The molecular weight excluding hydrogens is 252 g/mol. The average Bonchev–Trinajstić information content (AvgIpc) is 2.71. The molecule has 0 fully saturated rings. The van der Waals surface area contributed by atoms with Crippen LogP contribution in [-0.4, -0.2) is 18.1 Å². The summed E-state index contributed by atoms with van der Waals surface area (Å²) in [5.74, 6) is 0. The Morgan fingerprint density at radius 3 is 2.42 bits per heavy atom. The van der Waals surface area contributed by atoms with Crippen LogP contribution in [0.3, 0.4) is 0 Å². The van der Waals surface area contributed by atoms with Gasteiger partial charge >= 0.3 is 0 Å². The highest BCUT2D eigenvalue weighted by atomic mass is 32.1. The van der Waals surface area contributed by atoms with Crippen molar-refractivity contribution in [2.24, 2.45) is 5.41 Å². The number of nitrogens with one attached hydrogen (secondary N) is 1. The topological polar surface area (TPSA) is 24.9 Å². The van der Waals surface area contributed by atoms with Crippen LogP contribution in [0.1, 0.15) is 62.0 Å². The molecule has 110 valence electrons. The van der Waals surface area contributed by atoms with Crippen LogP contribution in [0, 0.1) is 19.3 Å². The van der Waals surface area contributed by atoms with Crippen molar-refractivity contribution in [3.8, 4) is 0 Å². The lowest BCUT2D eigenvalue weighted by atomic mass is 9.77. The summed E-state index contributed by atoms with van der Waals surface area (Å²) in [7, 11) is 0. The Morgan fingerprint density at radius 2 is 1.95 bits per heavy atom. The molecular formula is C16H30N2S. The summed E-state index contributed by atoms with van der Waals surface area (Å²) in [6.07, 6.45) is 6.28. The molecule has 1 aromatic heterocycles. The van der Waals surface area contributed by atoms with Crippen molar-refractivity contribution in [3.63, 3.8) is 0 Å². The van der Waals surface area contributed by atoms with Crippen LogP contribution in [0.5, 0.6) is 0 Å². The minimum absolute atomic E-state index is 0.392. The number of nitrogens with zero attached hydrogens (tertiary/aromatic N) is 1. The summed E-state index contributed by atoms with van der Waals surface area (Å²) in [6.45, 7) is 13.3. The molecule has 0 saturated carbocycles. The van der Waals surface area contributed by atoms with E-state index < -0.39 is 0 Å². The van der Waals surface area contributed by atoms with Crippen molar-refractivity contribution >= 4 is 11.3 Å². The summed E-state index contributed by atoms with van der Waals surface area (Å²) < 4.78 is 0. The number of hydrogen-bond donors (Lipinski definition) is 1. The van der Waals surface area contributed by atoms with E-state index in [1.54, 1.807) is 0 Å². The Morgan fingerprint density at radius 1 is 1.21 bits per heavy atom. The molecule has 1 atom stereocenters. The Hall–Kier alpha value is -0.410. The van der Waals surface area contributed by atoms with Crippen LogP contribution in [0.25, 0.3) is 0 Å². The van der Waals surface area contributed by atoms with Crippen molar-refractivity contribution in [1.82, 2.24) is 10.3 Å². The van der Waals surface area contributed by atoms with Gasteiger partial charge in [0.15, 0.2) is 0 Å². The van der Waals surface area contributed by atoms with Crippen molar-refractivity contribution in [2.45, 2.75) is 66.7 Å². The van der Waals surface area contributed by atoms with Gasteiger partial charge in [-0.05, 0) is 38.6 Å². The second-order valence-corrected chi connectivity index (χ2v) is 6.95. The average molecular weight is 282 g/mol. The summed E-state index contributed by atoms with van der Waals surface area (Å²) in [5.41, 5.74) is 1.60. The zero-order valence-corrected chi connectivity index (χ0v) is 14.1. The Labute approximate surface area is 123 Å². The van der Waals surface area contributed by atoms with E-state index in [9.17, 15) is 0 Å². The first kappa shape index (κ1) is 16.6.